The van der Waals surface area contributed by atoms with Crippen LogP contribution < -0.4 is 9.47 Å². The van der Waals surface area contributed by atoms with Gasteiger partial charge in [-0.15, -0.1) is 11.6 Å². The smallest absolute Gasteiger partial charge is 0.161 e. The average Bonchev–Trinajstić information content (AvgIpc) is 2.20. The number of benzene rings is 1. The lowest BCUT2D eigenvalue weighted by Gasteiger charge is -2.09. The fourth-order valence-corrected chi connectivity index (χ4v) is 1.45. The van der Waals surface area contributed by atoms with Gasteiger partial charge in [0.05, 0.1) is 13.7 Å². The summed E-state index contributed by atoms with van der Waals surface area (Å²) in [5, 5.41) is 0. The van der Waals surface area contributed by atoms with Crippen LogP contribution >= 0.6 is 27.5 Å². The predicted octanol–water partition coefficient (Wildman–Crippen LogP) is 3.47. The molecule has 1 aromatic rings. The molecule has 0 N–H and O–H groups in total. The van der Waals surface area contributed by atoms with Crippen LogP contribution in [-0.4, -0.2) is 19.6 Å². The normalized spacial score (nSPS) is 9.93. The third-order valence-corrected chi connectivity index (χ3v) is 2.42. The summed E-state index contributed by atoms with van der Waals surface area (Å²) in [5.74, 6) is 2.09. The molecule has 0 spiro atoms. The number of rotatable bonds is 5. The molecular weight excluding hydrogens is 267 g/mol. The summed E-state index contributed by atoms with van der Waals surface area (Å²) in [6.07, 6.45) is 0.834. The Morgan fingerprint density at radius 3 is 2.79 bits per heavy atom. The van der Waals surface area contributed by atoms with Crippen molar-refractivity contribution in [2.24, 2.45) is 0 Å². The molecule has 0 saturated carbocycles. The van der Waals surface area contributed by atoms with Crippen LogP contribution in [0.5, 0.6) is 11.5 Å². The molecule has 0 aliphatic carbocycles. The van der Waals surface area contributed by atoms with E-state index in [0.29, 0.717) is 12.5 Å². The fraction of sp³-hybridized carbons (Fsp3) is 0.400. The maximum absolute atomic E-state index is 5.55. The predicted molar refractivity (Wildman–Crippen MR) is 61.5 cm³/mol. The van der Waals surface area contributed by atoms with E-state index < -0.39 is 0 Å². The van der Waals surface area contributed by atoms with Crippen molar-refractivity contribution in [3.63, 3.8) is 0 Å². The Hall–Kier alpha value is -0.410. The first-order chi connectivity index (χ1) is 6.77. The standard InChI is InChI=1S/C10H12BrClO2/c1-13-10-7-8(11)3-4-9(10)14-6-2-5-12/h3-4,7H,2,5-6H2,1H3. The molecule has 0 radical (unpaired) electrons. The fourth-order valence-electron chi connectivity index (χ4n) is 0.997. The van der Waals surface area contributed by atoms with E-state index in [-0.39, 0.29) is 0 Å². The summed E-state index contributed by atoms with van der Waals surface area (Å²) >= 11 is 8.91. The van der Waals surface area contributed by atoms with Gasteiger partial charge in [-0.3, -0.25) is 0 Å². The van der Waals surface area contributed by atoms with Crippen molar-refractivity contribution in [2.45, 2.75) is 6.42 Å². The molecule has 0 bridgehead atoms. The zero-order valence-corrected chi connectivity index (χ0v) is 10.3. The minimum absolute atomic E-state index is 0.610. The van der Waals surface area contributed by atoms with Crippen molar-refractivity contribution in [1.82, 2.24) is 0 Å². The highest BCUT2D eigenvalue weighted by Gasteiger charge is 2.03. The number of methoxy groups -OCH3 is 1. The van der Waals surface area contributed by atoms with E-state index >= 15 is 0 Å². The van der Waals surface area contributed by atoms with Gasteiger partial charge in [0.2, 0.25) is 0 Å². The molecule has 0 amide bonds. The van der Waals surface area contributed by atoms with Gasteiger partial charge in [-0.1, -0.05) is 15.9 Å². The highest BCUT2D eigenvalue weighted by Crippen LogP contribution is 2.30. The van der Waals surface area contributed by atoms with Crippen molar-refractivity contribution in [3.05, 3.63) is 22.7 Å². The Balaban J connectivity index is 2.65. The van der Waals surface area contributed by atoms with Crippen molar-refractivity contribution in [1.29, 1.82) is 0 Å². The highest BCUT2D eigenvalue weighted by molar-refractivity contribution is 9.10. The maximum atomic E-state index is 5.55. The minimum atomic E-state index is 0.610. The van der Waals surface area contributed by atoms with Gasteiger partial charge in [0.1, 0.15) is 0 Å². The van der Waals surface area contributed by atoms with Crippen LogP contribution in [0.25, 0.3) is 0 Å². The summed E-state index contributed by atoms with van der Waals surface area (Å²) in [5.41, 5.74) is 0. The first kappa shape index (κ1) is 11.7. The van der Waals surface area contributed by atoms with Gasteiger partial charge >= 0.3 is 0 Å². The summed E-state index contributed by atoms with van der Waals surface area (Å²) in [7, 11) is 1.62. The van der Waals surface area contributed by atoms with E-state index in [9.17, 15) is 0 Å². The number of ether oxygens (including phenoxy) is 2. The van der Waals surface area contributed by atoms with Crippen molar-refractivity contribution >= 4 is 27.5 Å². The first-order valence-corrected chi connectivity index (χ1v) is 5.63. The van der Waals surface area contributed by atoms with Crippen molar-refractivity contribution < 1.29 is 9.47 Å². The van der Waals surface area contributed by atoms with Crippen LogP contribution in [-0.2, 0) is 0 Å². The monoisotopic (exact) mass is 278 g/mol. The molecule has 14 heavy (non-hydrogen) atoms. The molecular formula is C10H12BrClO2. The van der Waals surface area contributed by atoms with Crippen LogP contribution in [0.4, 0.5) is 0 Å². The molecule has 78 valence electrons. The second-order valence-corrected chi connectivity index (χ2v) is 3.98. The number of hydrogen-bond acceptors (Lipinski definition) is 2. The molecule has 0 aliphatic rings. The minimum Gasteiger partial charge on any atom is -0.493 e. The first-order valence-electron chi connectivity index (χ1n) is 4.30. The van der Waals surface area contributed by atoms with E-state index in [4.69, 9.17) is 21.1 Å². The van der Waals surface area contributed by atoms with E-state index in [1.807, 2.05) is 18.2 Å². The summed E-state index contributed by atoms with van der Waals surface area (Å²) in [4.78, 5) is 0. The summed E-state index contributed by atoms with van der Waals surface area (Å²) in [6.45, 7) is 0.613. The van der Waals surface area contributed by atoms with E-state index in [1.165, 1.54) is 0 Å². The average molecular weight is 280 g/mol. The Morgan fingerprint density at radius 2 is 2.14 bits per heavy atom. The largest absolute Gasteiger partial charge is 0.493 e. The third-order valence-electron chi connectivity index (χ3n) is 1.66. The molecule has 1 aromatic carbocycles. The highest BCUT2D eigenvalue weighted by atomic mass is 79.9. The Kier molecular flexibility index (Phi) is 5.12. The quantitative estimate of drug-likeness (QED) is 0.607. The molecule has 0 aromatic heterocycles. The number of hydrogen-bond donors (Lipinski definition) is 0. The number of halogens is 2. The topological polar surface area (TPSA) is 18.5 Å². The van der Waals surface area contributed by atoms with Crippen molar-refractivity contribution in [3.8, 4) is 11.5 Å². The zero-order valence-electron chi connectivity index (χ0n) is 7.93. The lowest BCUT2D eigenvalue weighted by molar-refractivity contribution is 0.295. The van der Waals surface area contributed by atoms with E-state index in [1.54, 1.807) is 7.11 Å². The molecule has 0 saturated heterocycles. The van der Waals surface area contributed by atoms with Gasteiger partial charge in [0.15, 0.2) is 11.5 Å². The molecule has 0 heterocycles. The lowest BCUT2D eigenvalue weighted by atomic mass is 10.3. The van der Waals surface area contributed by atoms with E-state index in [0.717, 1.165) is 22.4 Å². The van der Waals surface area contributed by atoms with Crippen LogP contribution in [0.3, 0.4) is 0 Å². The number of alkyl halides is 1. The Bertz CT molecular complexity index is 291. The lowest BCUT2D eigenvalue weighted by Crippen LogP contribution is -1.99. The van der Waals surface area contributed by atoms with Crippen LogP contribution in [0, 0.1) is 0 Å². The zero-order chi connectivity index (χ0) is 10.4. The summed E-state index contributed by atoms with van der Waals surface area (Å²) < 4.78 is 11.6. The SMILES string of the molecule is COc1cc(Br)ccc1OCCCCl. The molecule has 0 fully saturated rings. The van der Waals surface area contributed by atoms with Gasteiger partial charge < -0.3 is 9.47 Å². The Morgan fingerprint density at radius 1 is 1.36 bits per heavy atom. The van der Waals surface area contributed by atoms with Crippen molar-refractivity contribution in [2.75, 3.05) is 19.6 Å². The maximum Gasteiger partial charge on any atom is 0.161 e. The molecule has 2 nitrogen and oxygen atoms in total. The van der Waals surface area contributed by atoms with Crippen LogP contribution in [0.1, 0.15) is 6.42 Å². The van der Waals surface area contributed by atoms with Gasteiger partial charge in [0, 0.05) is 10.4 Å². The van der Waals surface area contributed by atoms with Gasteiger partial charge in [-0.05, 0) is 24.6 Å². The second-order valence-electron chi connectivity index (χ2n) is 2.69. The van der Waals surface area contributed by atoms with Crippen LogP contribution in [0.15, 0.2) is 22.7 Å². The van der Waals surface area contributed by atoms with Gasteiger partial charge in [-0.25, -0.2) is 0 Å². The second kappa shape index (κ2) is 6.14. The third kappa shape index (κ3) is 3.39. The van der Waals surface area contributed by atoms with Crippen LogP contribution in [0.2, 0.25) is 0 Å². The summed E-state index contributed by atoms with van der Waals surface area (Å²) in [6, 6.07) is 5.66. The molecule has 0 unspecified atom stereocenters. The van der Waals surface area contributed by atoms with Gasteiger partial charge in [-0.2, -0.15) is 0 Å². The molecule has 0 atom stereocenters. The Labute approximate surface area is 97.3 Å². The molecule has 0 aliphatic heterocycles. The van der Waals surface area contributed by atoms with E-state index in [2.05, 4.69) is 15.9 Å². The van der Waals surface area contributed by atoms with Gasteiger partial charge in [0.25, 0.3) is 0 Å². The molecule has 4 heteroatoms. The molecule has 1 rings (SSSR count).